The van der Waals surface area contributed by atoms with Gasteiger partial charge in [0, 0.05) is 29.0 Å². The van der Waals surface area contributed by atoms with Crippen molar-refractivity contribution in [1.29, 1.82) is 0 Å². The molecule has 1 aromatic carbocycles. The molecule has 3 aromatic rings. The number of pyridine rings is 1. The zero-order valence-corrected chi connectivity index (χ0v) is 12.7. The Hall–Kier alpha value is -2.68. The number of hydrogen-bond donors (Lipinski definition) is 2. The summed E-state index contributed by atoms with van der Waals surface area (Å²) >= 11 is 1.20. The van der Waals surface area contributed by atoms with Crippen molar-refractivity contribution >= 4 is 27.8 Å². The van der Waals surface area contributed by atoms with Crippen LogP contribution in [0.4, 0.5) is 34.1 Å². The number of halogens is 4. The monoisotopic (exact) mass is 354 g/mol. The van der Waals surface area contributed by atoms with Crippen LogP contribution >= 0.6 is 11.3 Å². The van der Waals surface area contributed by atoms with Crippen molar-refractivity contribution in [2.45, 2.75) is 6.18 Å². The van der Waals surface area contributed by atoms with Crippen LogP contribution in [-0.4, -0.2) is 9.97 Å². The maximum Gasteiger partial charge on any atom is 0.419 e. The normalized spacial score (nSPS) is 11.5. The number of nitrogen functional groups attached to an aromatic ring is 1. The number of nitrogens with two attached hydrogens (primary N) is 1. The van der Waals surface area contributed by atoms with E-state index in [1.165, 1.54) is 23.6 Å². The number of nitrogens with one attached hydrogen (secondary N) is 1. The average Bonchev–Trinajstić information content (AvgIpc) is 2.97. The third kappa shape index (κ3) is 3.46. The lowest BCUT2D eigenvalue weighted by Crippen LogP contribution is -2.08. The summed E-state index contributed by atoms with van der Waals surface area (Å²) in [5, 5.41) is 4.82. The average molecular weight is 354 g/mol. The first-order chi connectivity index (χ1) is 11.3. The van der Waals surface area contributed by atoms with E-state index in [0.717, 1.165) is 6.07 Å². The van der Waals surface area contributed by atoms with E-state index in [4.69, 9.17) is 5.73 Å². The highest BCUT2D eigenvalue weighted by Crippen LogP contribution is 2.34. The molecule has 2 heterocycles. The van der Waals surface area contributed by atoms with Crippen LogP contribution in [0.3, 0.4) is 0 Å². The van der Waals surface area contributed by atoms with Gasteiger partial charge in [0.1, 0.15) is 5.82 Å². The molecule has 0 unspecified atom stereocenters. The fourth-order valence-electron chi connectivity index (χ4n) is 2.01. The number of hydrogen-bond acceptors (Lipinski definition) is 5. The molecule has 0 aliphatic rings. The molecule has 9 heteroatoms. The van der Waals surface area contributed by atoms with Crippen molar-refractivity contribution in [2.75, 3.05) is 11.1 Å². The van der Waals surface area contributed by atoms with E-state index in [9.17, 15) is 17.6 Å². The smallest absolute Gasteiger partial charge is 0.397 e. The third-order valence-corrected chi connectivity index (χ3v) is 3.84. The highest BCUT2D eigenvalue weighted by atomic mass is 32.1. The van der Waals surface area contributed by atoms with E-state index < -0.39 is 17.6 Å². The van der Waals surface area contributed by atoms with Gasteiger partial charge in [-0.25, -0.2) is 9.37 Å². The number of alkyl halides is 3. The standard InChI is InChI=1S/C15H10F4N4S/c16-12-2-1-10(4-11(12)15(17,18)19)22-14-23-13(7-24-14)8-3-9(20)6-21-5-8/h1-7H,20H2,(H,22,23). The van der Waals surface area contributed by atoms with Gasteiger partial charge in [0.05, 0.1) is 16.9 Å². The number of rotatable bonds is 3. The van der Waals surface area contributed by atoms with E-state index in [2.05, 4.69) is 15.3 Å². The molecule has 2 aromatic heterocycles. The molecule has 0 amide bonds. The van der Waals surface area contributed by atoms with E-state index in [1.807, 2.05) is 0 Å². The lowest BCUT2D eigenvalue weighted by Gasteiger charge is -2.10. The topological polar surface area (TPSA) is 63.8 Å². The summed E-state index contributed by atoms with van der Waals surface area (Å²) in [6.07, 6.45) is -1.69. The van der Waals surface area contributed by atoms with Gasteiger partial charge in [-0.1, -0.05) is 0 Å². The zero-order valence-electron chi connectivity index (χ0n) is 11.9. The van der Waals surface area contributed by atoms with E-state index >= 15 is 0 Å². The molecule has 0 saturated heterocycles. The Kier molecular flexibility index (Phi) is 4.10. The predicted molar refractivity (Wildman–Crippen MR) is 84.4 cm³/mol. The van der Waals surface area contributed by atoms with Crippen molar-refractivity contribution in [1.82, 2.24) is 9.97 Å². The van der Waals surface area contributed by atoms with Crippen LogP contribution in [0.15, 0.2) is 42.0 Å². The van der Waals surface area contributed by atoms with Crippen LogP contribution < -0.4 is 11.1 Å². The van der Waals surface area contributed by atoms with E-state index in [-0.39, 0.29) is 5.69 Å². The van der Waals surface area contributed by atoms with Crippen LogP contribution in [0.1, 0.15) is 5.56 Å². The molecule has 0 fully saturated rings. The first-order valence-electron chi connectivity index (χ1n) is 6.63. The van der Waals surface area contributed by atoms with Crippen molar-refractivity contribution < 1.29 is 17.6 Å². The van der Waals surface area contributed by atoms with Crippen LogP contribution in [0.25, 0.3) is 11.3 Å². The van der Waals surface area contributed by atoms with Crippen LogP contribution in [0.5, 0.6) is 0 Å². The highest BCUT2D eigenvalue weighted by Gasteiger charge is 2.34. The molecule has 0 spiro atoms. The van der Waals surface area contributed by atoms with Gasteiger partial charge in [-0.2, -0.15) is 13.2 Å². The van der Waals surface area contributed by atoms with Crippen molar-refractivity contribution in [3.05, 3.63) is 53.4 Å². The lowest BCUT2D eigenvalue weighted by atomic mass is 10.2. The molecule has 0 atom stereocenters. The Balaban J connectivity index is 1.85. The SMILES string of the molecule is Nc1cncc(-c2csc(Nc3ccc(F)c(C(F)(F)F)c3)n2)c1. The summed E-state index contributed by atoms with van der Waals surface area (Å²) in [6, 6.07) is 4.37. The molecule has 0 aliphatic heterocycles. The summed E-state index contributed by atoms with van der Waals surface area (Å²) in [7, 11) is 0. The predicted octanol–water partition coefficient (Wildman–Crippen LogP) is 4.69. The molecule has 4 nitrogen and oxygen atoms in total. The minimum Gasteiger partial charge on any atom is -0.397 e. The second-order valence-corrected chi connectivity index (χ2v) is 5.72. The highest BCUT2D eigenvalue weighted by molar-refractivity contribution is 7.14. The quantitative estimate of drug-likeness (QED) is 0.670. The summed E-state index contributed by atoms with van der Waals surface area (Å²) < 4.78 is 51.5. The van der Waals surface area contributed by atoms with Crippen molar-refractivity contribution in [3.63, 3.8) is 0 Å². The summed E-state index contributed by atoms with van der Waals surface area (Å²) in [6.45, 7) is 0. The second kappa shape index (κ2) is 6.08. The summed E-state index contributed by atoms with van der Waals surface area (Å²) in [4.78, 5) is 8.22. The molecular weight excluding hydrogens is 344 g/mol. The largest absolute Gasteiger partial charge is 0.419 e. The maximum absolute atomic E-state index is 13.3. The van der Waals surface area contributed by atoms with E-state index in [0.29, 0.717) is 28.1 Å². The second-order valence-electron chi connectivity index (χ2n) is 4.86. The maximum atomic E-state index is 13.3. The van der Waals surface area contributed by atoms with Gasteiger partial charge in [0.15, 0.2) is 5.13 Å². The van der Waals surface area contributed by atoms with Gasteiger partial charge in [-0.15, -0.1) is 11.3 Å². The minimum atomic E-state index is -4.76. The summed E-state index contributed by atoms with van der Waals surface area (Å²) in [5.41, 5.74) is 6.17. The minimum absolute atomic E-state index is 0.0929. The van der Waals surface area contributed by atoms with Gasteiger partial charge >= 0.3 is 6.18 Å². The Morgan fingerprint density at radius 1 is 1.12 bits per heavy atom. The molecule has 0 radical (unpaired) electrons. The number of anilines is 3. The number of thiazole rings is 1. The fraction of sp³-hybridized carbons (Fsp3) is 0.0667. The lowest BCUT2D eigenvalue weighted by molar-refractivity contribution is -0.139. The Labute approximate surface area is 138 Å². The van der Waals surface area contributed by atoms with Gasteiger partial charge < -0.3 is 11.1 Å². The first-order valence-corrected chi connectivity index (χ1v) is 7.51. The van der Waals surface area contributed by atoms with Crippen LogP contribution in [0, 0.1) is 5.82 Å². The van der Waals surface area contributed by atoms with Gasteiger partial charge in [0.2, 0.25) is 0 Å². The van der Waals surface area contributed by atoms with Gasteiger partial charge in [-0.3, -0.25) is 4.98 Å². The molecule has 0 saturated carbocycles. The molecule has 3 N–H and O–H groups in total. The van der Waals surface area contributed by atoms with Crippen LogP contribution in [0.2, 0.25) is 0 Å². The van der Waals surface area contributed by atoms with Crippen LogP contribution in [-0.2, 0) is 6.18 Å². The number of benzene rings is 1. The first kappa shape index (κ1) is 16.2. The Morgan fingerprint density at radius 2 is 1.92 bits per heavy atom. The molecule has 124 valence electrons. The Bertz CT molecular complexity index is 876. The third-order valence-electron chi connectivity index (χ3n) is 3.08. The Morgan fingerprint density at radius 3 is 2.62 bits per heavy atom. The van der Waals surface area contributed by atoms with E-state index in [1.54, 1.807) is 17.6 Å². The molecule has 3 rings (SSSR count). The number of aromatic nitrogens is 2. The molecule has 0 bridgehead atoms. The molecule has 24 heavy (non-hydrogen) atoms. The van der Waals surface area contributed by atoms with Gasteiger partial charge in [0.25, 0.3) is 0 Å². The summed E-state index contributed by atoms with van der Waals surface area (Å²) in [5.74, 6) is -1.32. The van der Waals surface area contributed by atoms with Crippen molar-refractivity contribution in [2.24, 2.45) is 0 Å². The number of nitrogens with zero attached hydrogens (tertiary/aromatic N) is 2. The molecular formula is C15H10F4N4S. The van der Waals surface area contributed by atoms with Gasteiger partial charge in [-0.05, 0) is 24.3 Å². The molecule has 0 aliphatic carbocycles. The van der Waals surface area contributed by atoms with Crippen molar-refractivity contribution in [3.8, 4) is 11.3 Å². The zero-order chi connectivity index (χ0) is 17.3. The fourth-order valence-corrected chi connectivity index (χ4v) is 2.75.